The topological polar surface area (TPSA) is 116 Å². The number of amides is 1. The molecule has 0 radical (unpaired) electrons. The number of nitrogens with one attached hydrogen (secondary N) is 1. The van der Waals surface area contributed by atoms with Gasteiger partial charge in [0.2, 0.25) is 0 Å². The summed E-state index contributed by atoms with van der Waals surface area (Å²) in [5.74, 6) is -2.69. The Bertz CT molecular complexity index is 837. The molecule has 1 N–H and O–H groups in total. The van der Waals surface area contributed by atoms with Gasteiger partial charge in [-0.2, -0.15) is 0 Å². The van der Waals surface area contributed by atoms with Gasteiger partial charge >= 0.3 is 5.97 Å². The summed E-state index contributed by atoms with van der Waals surface area (Å²) in [7, 11) is 0. The number of hydrogen-bond donors (Lipinski definition) is 1. The zero-order chi connectivity index (χ0) is 19.1. The normalized spacial score (nSPS) is 10.2. The second-order valence-electron chi connectivity index (χ2n) is 5.03. The van der Waals surface area contributed by atoms with Crippen molar-refractivity contribution in [3.05, 3.63) is 56.5 Å². The molecule has 0 saturated heterocycles. The van der Waals surface area contributed by atoms with Crippen LogP contribution in [0, 0.1) is 15.9 Å². The molecule has 1 aromatic carbocycles. The van der Waals surface area contributed by atoms with Crippen LogP contribution < -0.4 is 5.32 Å². The van der Waals surface area contributed by atoms with Gasteiger partial charge in [0.15, 0.2) is 12.4 Å². The lowest BCUT2D eigenvalue weighted by molar-refractivity contribution is -0.384. The highest BCUT2D eigenvalue weighted by molar-refractivity contribution is 7.12. The maximum Gasteiger partial charge on any atom is 0.306 e. The minimum absolute atomic E-state index is 0.0551. The van der Waals surface area contributed by atoms with Crippen molar-refractivity contribution >= 4 is 40.4 Å². The van der Waals surface area contributed by atoms with E-state index in [4.69, 9.17) is 4.74 Å². The van der Waals surface area contributed by atoms with Crippen molar-refractivity contribution in [2.45, 2.75) is 12.8 Å². The molecule has 2 aromatic rings. The number of Topliss-reactive ketones (excluding diaryl/α,β-unsaturated/α-hetero) is 1. The van der Waals surface area contributed by atoms with E-state index in [-0.39, 0.29) is 18.6 Å². The van der Waals surface area contributed by atoms with Crippen LogP contribution >= 0.6 is 11.3 Å². The van der Waals surface area contributed by atoms with E-state index in [2.05, 4.69) is 5.32 Å². The maximum absolute atomic E-state index is 13.6. The van der Waals surface area contributed by atoms with Gasteiger partial charge in [-0.05, 0) is 17.5 Å². The molecule has 1 heterocycles. The summed E-state index contributed by atoms with van der Waals surface area (Å²) < 4.78 is 18.3. The second-order valence-corrected chi connectivity index (χ2v) is 5.98. The number of nitrogens with zero attached hydrogens (tertiary/aromatic N) is 1. The number of nitro benzene ring substituents is 1. The largest absolute Gasteiger partial charge is 0.456 e. The number of benzene rings is 1. The molecule has 1 amide bonds. The summed E-state index contributed by atoms with van der Waals surface area (Å²) >= 11 is 1.26. The van der Waals surface area contributed by atoms with Crippen LogP contribution in [0.3, 0.4) is 0 Å². The lowest BCUT2D eigenvalue weighted by atomic mass is 10.2. The van der Waals surface area contributed by atoms with Crippen LogP contribution in [0.2, 0.25) is 0 Å². The van der Waals surface area contributed by atoms with E-state index in [1.165, 1.54) is 11.3 Å². The monoisotopic (exact) mass is 380 g/mol. The fourth-order valence-corrected chi connectivity index (χ4v) is 2.60. The van der Waals surface area contributed by atoms with Crippen LogP contribution in [0.25, 0.3) is 0 Å². The first kappa shape index (κ1) is 19.2. The molecule has 0 unspecified atom stereocenters. The minimum atomic E-state index is -0.864. The zero-order valence-electron chi connectivity index (χ0n) is 13.3. The molecule has 0 spiro atoms. The number of halogens is 1. The molecule has 0 fully saturated rings. The number of esters is 1. The van der Waals surface area contributed by atoms with Gasteiger partial charge < -0.3 is 10.1 Å². The number of ether oxygens (including phenoxy) is 1. The molecule has 1 aromatic heterocycles. The van der Waals surface area contributed by atoms with Gasteiger partial charge in [-0.3, -0.25) is 24.5 Å². The fraction of sp³-hybridized carbons (Fsp3) is 0.188. The third-order valence-corrected chi connectivity index (χ3v) is 4.06. The second kappa shape index (κ2) is 8.81. The number of hydrogen-bond acceptors (Lipinski definition) is 7. The van der Waals surface area contributed by atoms with Crippen LogP contribution in [0.5, 0.6) is 0 Å². The summed E-state index contributed by atoms with van der Waals surface area (Å²) in [6.07, 6.45) is -0.254. The van der Waals surface area contributed by atoms with Crippen LogP contribution in [-0.4, -0.2) is 29.2 Å². The number of non-ortho nitro benzene ring substituents is 1. The van der Waals surface area contributed by atoms with Gasteiger partial charge in [-0.25, -0.2) is 4.39 Å². The van der Waals surface area contributed by atoms with E-state index in [1.807, 2.05) is 0 Å². The third-order valence-electron chi connectivity index (χ3n) is 3.15. The fourth-order valence-electron chi connectivity index (χ4n) is 1.90. The SMILES string of the molecule is O=C(COC(=O)CCC(=O)c1cccs1)Nc1cc([N+](=O)[O-])ccc1F. The smallest absolute Gasteiger partial charge is 0.306 e. The van der Waals surface area contributed by atoms with Crippen molar-refractivity contribution in [3.8, 4) is 0 Å². The summed E-state index contributed by atoms with van der Waals surface area (Å²) in [6, 6.07) is 6.01. The van der Waals surface area contributed by atoms with Gasteiger partial charge in [0.05, 0.1) is 21.9 Å². The number of rotatable bonds is 8. The Balaban J connectivity index is 1.79. The average Bonchev–Trinajstić information content (AvgIpc) is 3.14. The van der Waals surface area contributed by atoms with Gasteiger partial charge in [-0.1, -0.05) is 6.07 Å². The molecule has 26 heavy (non-hydrogen) atoms. The molecular weight excluding hydrogens is 367 g/mol. The van der Waals surface area contributed by atoms with E-state index in [1.54, 1.807) is 17.5 Å². The Labute approximate surface area is 150 Å². The van der Waals surface area contributed by atoms with Crippen molar-refractivity contribution in [2.75, 3.05) is 11.9 Å². The van der Waals surface area contributed by atoms with E-state index >= 15 is 0 Å². The van der Waals surface area contributed by atoms with Crippen LogP contribution in [0.15, 0.2) is 35.7 Å². The molecule has 10 heteroatoms. The number of carbonyl (C=O) groups excluding carboxylic acids is 3. The van der Waals surface area contributed by atoms with Crippen molar-refractivity contribution in [2.24, 2.45) is 0 Å². The first-order valence-corrected chi connectivity index (χ1v) is 8.21. The molecule has 136 valence electrons. The molecule has 0 aliphatic rings. The molecule has 0 aliphatic carbocycles. The quantitative estimate of drug-likeness (QED) is 0.326. The first-order chi connectivity index (χ1) is 12.4. The highest BCUT2D eigenvalue weighted by atomic mass is 32.1. The van der Waals surface area contributed by atoms with E-state index in [9.17, 15) is 28.9 Å². The summed E-state index contributed by atoms with van der Waals surface area (Å²) in [5, 5.41) is 14.5. The zero-order valence-corrected chi connectivity index (χ0v) is 14.1. The Morgan fingerprint density at radius 2 is 2.00 bits per heavy atom. The Morgan fingerprint density at radius 1 is 1.23 bits per heavy atom. The van der Waals surface area contributed by atoms with E-state index in [0.717, 1.165) is 18.2 Å². The van der Waals surface area contributed by atoms with Crippen molar-refractivity contribution in [3.63, 3.8) is 0 Å². The predicted octanol–water partition coefficient (Wildman–Crippen LogP) is 2.94. The summed E-state index contributed by atoms with van der Waals surface area (Å²) in [6.45, 7) is -0.700. The number of carbonyl (C=O) groups is 3. The number of anilines is 1. The van der Waals surface area contributed by atoms with Crippen molar-refractivity contribution in [1.29, 1.82) is 0 Å². The minimum Gasteiger partial charge on any atom is -0.456 e. The maximum atomic E-state index is 13.6. The van der Waals surface area contributed by atoms with Gasteiger partial charge in [-0.15, -0.1) is 11.3 Å². The number of ketones is 1. The lowest BCUT2D eigenvalue weighted by Crippen LogP contribution is -2.21. The molecule has 8 nitrogen and oxygen atoms in total. The van der Waals surface area contributed by atoms with Gasteiger partial charge in [0, 0.05) is 18.6 Å². The van der Waals surface area contributed by atoms with Crippen molar-refractivity contribution < 1.29 is 28.4 Å². The number of thiophene rings is 1. The standard InChI is InChI=1S/C16H13FN2O6S/c17-11-4-3-10(19(23)24)8-12(11)18-15(21)9-25-16(22)6-5-13(20)14-2-1-7-26-14/h1-4,7-8H,5-6,9H2,(H,18,21). The van der Waals surface area contributed by atoms with E-state index < -0.39 is 40.6 Å². The molecule has 0 aliphatic heterocycles. The molecule has 0 atom stereocenters. The predicted molar refractivity (Wildman–Crippen MR) is 90.5 cm³/mol. The third kappa shape index (κ3) is 5.45. The van der Waals surface area contributed by atoms with Crippen LogP contribution in [0.4, 0.5) is 15.8 Å². The average molecular weight is 380 g/mol. The van der Waals surface area contributed by atoms with Crippen LogP contribution in [0.1, 0.15) is 22.5 Å². The van der Waals surface area contributed by atoms with Crippen molar-refractivity contribution in [1.82, 2.24) is 0 Å². The molecule has 0 saturated carbocycles. The molecule has 2 rings (SSSR count). The highest BCUT2D eigenvalue weighted by Crippen LogP contribution is 2.21. The van der Waals surface area contributed by atoms with Gasteiger partial charge in [0.1, 0.15) is 5.82 Å². The number of nitro groups is 1. The lowest BCUT2D eigenvalue weighted by Gasteiger charge is -2.07. The Kier molecular flexibility index (Phi) is 6.50. The highest BCUT2D eigenvalue weighted by Gasteiger charge is 2.15. The van der Waals surface area contributed by atoms with E-state index in [0.29, 0.717) is 4.88 Å². The first-order valence-electron chi connectivity index (χ1n) is 7.33. The summed E-state index contributed by atoms with van der Waals surface area (Å²) in [5.41, 5.74) is -0.793. The Hall–Kier alpha value is -3.14. The molecule has 0 bridgehead atoms. The molecular formula is C16H13FN2O6S. The summed E-state index contributed by atoms with van der Waals surface area (Å²) in [4.78, 5) is 45.4. The van der Waals surface area contributed by atoms with Gasteiger partial charge in [0.25, 0.3) is 11.6 Å². The Morgan fingerprint density at radius 3 is 2.65 bits per heavy atom. The van der Waals surface area contributed by atoms with Crippen LogP contribution in [-0.2, 0) is 14.3 Å².